The number of benzene rings is 1. The van der Waals surface area contributed by atoms with E-state index in [1.165, 1.54) is 0 Å². The number of hydrogen-bond acceptors (Lipinski definition) is 4. The van der Waals surface area contributed by atoms with Crippen LogP contribution in [0.1, 0.15) is 29.8 Å². The maximum absolute atomic E-state index is 11.2. The Balaban J connectivity index is 2.37. The van der Waals surface area contributed by atoms with Crippen LogP contribution in [0.5, 0.6) is 0 Å². The number of nitrogen functional groups attached to an aromatic ring is 1. The van der Waals surface area contributed by atoms with Crippen LogP contribution >= 0.6 is 11.8 Å². The topological polar surface area (TPSA) is 66.6 Å². The summed E-state index contributed by atoms with van der Waals surface area (Å²) in [7, 11) is 0. The lowest BCUT2D eigenvalue weighted by atomic mass is 10.1. The van der Waals surface area contributed by atoms with Crippen LogP contribution in [0.25, 0.3) is 0 Å². The molecule has 1 aliphatic heterocycles. The van der Waals surface area contributed by atoms with E-state index in [1.54, 1.807) is 6.07 Å². The Bertz CT molecular complexity index is 494. The second-order valence-corrected chi connectivity index (χ2v) is 7.07. The minimum Gasteiger partial charge on any atom is -0.478 e. The molecule has 0 aromatic heterocycles. The Hall–Kier alpha value is -1.36. The zero-order valence-corrected chi connectivity index (χ0v) is 12.3. The molecule has 0 amide bonds. The van der Waals surface area contributed by atoms with Gasteiger partial charge in [0, 0.05) is 35.0 Å². The van der Waals surface area contributed by atoms with E-state index >= 15 is 0 Å². The van der Waals surface area contributed by atoms with Crippen LogP contribution in [0, 0.1) is 6.92 Å². The molecular weight excluding hydrogens is 260 g/mol. The van der Waals surface area contributed by atoms with Gasteiger partial charge in [0.15, 0.2) is 0 Å². The second-order valence-electron chi connectivity index (χ2n) is 5.19. The molecule has 5 heteroatoms. The number of rotatable bonds is 2. The van der Waals surface area contributed by atoms with E-state index in [-0.39, 0.29) is 5.56 Å². The number of thioether (sulfide) groups is 1. The van der Waals surface area contributed by atoms with Crippen molar-refractivity contribution in [2.24, 2.45) is 0 Å². The van der Waals surface area contributed by atoms with Gasteiger partial charge in [-0.3, -0.25) is 0 Å². The van der Waals surface area contributed by atoms with Crippen molar-refractivity contribution < 1.29 is 9.90 Å². The van der Waals surface area contributed by atoms with Gasteiger partial charge in [0.1, 0.15) is 0 Å². The van der Waals surface area contributed by atoms with Gasteiger partial charge in [-0.15, -0.1) is 0 Å². The van der Waals surface area contributed by atoms with E-state index in [4.69, 9.17) is 5.73 Å². The van der Waals surface area contributed by atoms with Crippen molar-refractivity contribution in [2.75, 3.05) is 23.7 Å². The normalized spacial score (nSPS) is 23.4. The monoisotopic (exact) mass is 280 g/mol. The van der Waals surface area contributed by atoms with Crippen LogP contribution < -0.4 is 10.6 Å². The summed E-state index contributed by atoms with van der Waals surface area (Å²) in [5, 5.41) is 10.3. The summed E-state index contributed by atoms with van der Waals surface area (Å²) in [5.74, 6) is -0.963. The Morgan fingerprint density at radius 2 is 1.95 bits per heavy atom. The largest absolute Gasteiger partial charge is 0.478 e. The number of nitrogens with two attached hydrogens (primary N) is 1. The van der Waals surface area contributed by atoms with Gasteiger partial charge in [0.05, 0.1) is 5.56 Å². The number of carboxylic acid groups (broad SMARTS) is 1. The molecular formula is C14H20N2O2S. The summed E-state index contributed by atoms with van der Waals surface area (Å²) in [4.78, 5) is 13.5. The number of aromatic carboxylic acids is 1. The first kappa shape index (κ1) is 14.1. The molecule has 2 rings (SSSR count). The van der Waals surface area contributed by atoms with Gasteiger partial charge in [-0.1, -0.05) is 13.8 Å². The van der Waals surface area contributed by atoms with Gasteiger partial charge < -0.3 is 15.7 Å². The van der Waals surface area contributed by atoms with Crippen molar-refractivity contribution in [3.63, 3.8) is 0 Å². The zero-order valence-electron chi connectivity index (χ0n) is 11.5. The number of anilines is 2. The SMILES string of the molecule is Cc1cc(N2CC(C)SC(C)C2)cc(C(=O)O)c1N. The Morgan fingerprint density at radius 3 is 2.47 bits per heavy atom. The van der Waals surface area contributed by atoms with Gasteiger partial charge in [0.2, 0.25) is 0 Å². The smallest absolute Gasteiger partial charge is 0.337 e. The van der Waals surface area contributed by atoms with E-state index in [9.17, 15) is 9.90 Å². The molecule has 1 aromatic carbocycles. The molecule has 1 aromatic rings. The fourth-order valence-electron chi connectivity index (χ4n) is 2.53. The summed E-state index contributed by atoms with van der Waals surface area (Å²) in [6.45, 7) is 8.15. The van der Waals surface area contributed by atoms with Crippen LogP contribution in [-0.2, 0) is 0 Å². The van der Waals surface area contributed by atoms with Gasteiger partial charge >= 0.3 is 5.97 Å². The molecule has 19 heavy (non-hydrogen) atoms. The lowest BCUT2D eigenvalue weighted by Crippen LogP contribution is -2.40. The fourth-order valence-corrected chi connectivity index (χ4v) is 3.85. The van der Waals surface area contributed by atoms with E-state index in [1.807, 2.05) is 24.8 Å². The van der Waals surface area contributed by atoms with Crippen molar-refractivity contribution in [1.82, 2.24) is 0 Å². The van der Waals surface area contributed by atoms with E-state index in [2.05, 4.69) is 18.7 Å². The van der Waals surface area contributed by atoms with Gasteiger partial charge in [-0.25, -0.2) is 4.79 Å². The van der Waals surface area contributed by atoms with E-state index in [0.29, 0.717) is 16.2 Å². The minimum absolute atomic E-state index is 0.202. The van der Waals surface area contributed by atoms with Gasteiger partial charge in [-0.2, -0.15) is 11.8 Å². The number of hydrogen-bond donors (Lipinski definition) is 2. The number of aryl methyl sites for hydroxylation is 1. The van der Waals surface area contributed by atoms with Crippen LogP contribution in [-0.4, -0.2) is 34.7 Å². The molecule has 1 saturated heterocycles. The van der Waals surface area contributed by atoms with Crippen molar-refractivity contribution in [3.8, 4) is 0 Å². The fraction of sp³-hybridized carbons (Fsp3) is 0.500. The molecule has 0 bridgehead atoms. The average molecular weight is 280 g/mol. The summed E-state index contributed by atoms with van der Waals surface area (Å²) in [6, 6.07) is 3.68. The summed E-state index contributed by atoms with van der Waals surface area (Å²) >= 11 is 1.97. The van der Waals surface area contributed by atoms with Crippen molar-refractivity contribution in [3.05, 3.63) is 23.3 Å². The second kappa shape index (κ2) is 5.33. The van der Waals surface area contributed by atoms with Crippen molar-refractivity contribution in [2.45, 2.75) is 31.3 Å². The summed E-state index contributed by atoms with van der Waals surface area (Å²) in [5.41, 5.74) is 8.19. The van der Waals surface area contributed by atoms with Crippen molar-refractivity contribution >= 4 is 29.1 Å². The summed E-state index contributed by atoms with van der Waals surface area (Å²) < 4.78 is 0. The highest BCUT2D eigenvalue weighted by atomic mass is 32.2. The molecule has 1 heterocycles. The molecule has 1 fully saturated rings. The highest BCUT2D eigenvalue weighted by Gasteiger charge is 2.24. The molecule has 0 aliphatic carbocycles. The highest BCUT2D eigenvalue weighted by molar-refractivity contribution is 8.00. The predicted molar refractivity (Wildman–Crippen MR) is 81.3 cm³/mol. The lowest BCUT2D eigenvalue weighted by Gasteiger charge is -2.36. The number of carbonyl (C=O) groups is 1. The molecule has 2 atom stereocenters. The quantitative estimate of drug-likeness (QED) is 0.815. The van der Waals surface area contributed by atoms with Gasteiger partial charge in [-0.05, 0) is 24.6 Å². The van der Waals surface area contributed by atoms with Crippen LogP contribution in [0.15, 0.2) is 12.1 Å². The molecule has 104 valence electrons. The first-order valence-electron chi connectivity index (χ1n) is 6.42. The molecule has 0 spiro atoms. The summed E-state index contributed by atoms with van der Waals surface area (Å²) in [6.07, 6.45) is 0. The Kier molecular flexibility index (Phi) is 3.94. The molecule has 0 saturated carbocycles. The zero-order chi connectivity index (χ0) is 14.2. The lowest BCUT2D eigenvalue weighted by molar-refractivity contribution is 0.0698. The maximum Gasteiger partial charge on any atom is 0.337 e. The van der Waals surface area contributed by atoms with Crippen molar-refractivity contribution in [1.29, 1.82) is 0 Å². The van der Waals surface area contributed by atoms with Crippen LogP contribution in [0.4, 0.5) is 11.4 Å². The van der Waals surface area contributed by atoms with E-state index in [0.717, 1.165) is 24.3 Å². The molecule has 4 nitrogen and oxygen atoms in total. The maximum atomic E-state index is 11.2. The third-order valence-electron chi connectivity index (χ3n) is 3.39. The predicted octanol–water partition coefficient (Wildman–Crippen LogP) is 2.61. The number of carboxylic acids is 1. The molecule has 3 N–H and O–H groups in total. The first-order valence-corrected chi connectivity index (χ1v) is 7.36. The van der Waals surface area contributed by atoms with Gasteiger partial charge in [0.25, 0.3) is 0 Å². The van der Waals surface area contributed by atoms with Crippen LogP contribution in [0.2, 0.25) is 0 Å². The Morgan fingerprint density at radius 1 is 1.37 bits per heavy atom. The van der Waals surface area contributed by atoms with E-state index < -0.39 is 5.97 Å². The first-order chi connectivity index (χ1) is 8.88. The number of nitrogens with zero attached hydrogens (tertiary/aromatic N) is 1. The minimum atomic E-state index is -0.963. The molecule has 0 radical (unpaired) electrons. The third kappa shape index (κ3) is 2.97. The Labute approximate surface area is 118 Å². The highest BCUT2D eigenvalue weighted by Crippen LogP contribution is 2.31. The molecule has 1 aliphatic rings. The average Bonchev–Trinajstić information content (AvgIpc) is 2.30. The standard InChI is InChI=1S/C14H20N2O2S/c1-8-4-11(5-12(13(8)15)14(17)18)16-6-9(2)19-10(3)7-16/h4-5,9-10H,6-7,15H2,1-3H3,(H,17,18). The molecule has 2 unspecified atom stereocenters. The third-order valence-corrected chi connectivity index (χ3v) is 4.61. The van der Waals surface area contributed by atoms with Crippen LogP contribution in [0.3, 0.4) is 0 Å².